The zero-order valence-electron chi connectivity index (χ0n) is 9.95. The third kappa shape index (κ3) is 1.93. The van der Waals surface area contributed by atoms with Crippen LogP contribution in [-0.2, 0) is 0 Å². The second kappa shape index (κ2) is 4.28. The summed E-state index contributed by atoms with van der Waals surface area (Å²) in [5, 5.41) is 0.697. The maximum Gasteiger partial charge on any atom is 0.132 e. The Labute approximate surface area is 119 Å². The number of imidazole rings is 1. The first-order valence-electron chi connectivity index (χ1n) is 5.87. The molecule has 0 unspecified atom stereocenters. The van der Waals surface area contributed by atoms with Crippen molar-refractivity contribution < 1.29 is 0 Å². The largest absolute Gasteiger partial charge is 0.383 e. The molecule has 1 aliphatic rings. The summed E-state index contributed by atoms with van der Waals surface area (Å²) in [5.74, 6) is 1.73. The Hall–Kier alpha value is -1.00. The van der Waals surface area contributed by atoms with Gasteiger partial charge in [0, 0.05) is 21.1 Å². The first-order chi connectivity index (χ1) is 8.58. The fourth-order valence-corrected chi connectivity index (χ4v) is 3.11. The predicted octanol–water partition coefficient (Wildman–Crippen LogP) is 4.19. The molecule has 1 aliphatic carbocycles. The molecule has 1 aromatic carbocycles. The highest BCUT2D eigenvalue weighted by molar-refractivity contribution is 9.10. The summed E-state index contributed by atoms with van der Waals surface area (Å²) >= 11 is 9.47. The van der Waals surface area contributed by atoms with Gasteiger partial charge in [-0.1, -0.05) is 33.6 Å². The van der Waals surface area contributed by atoms with Gasteiger partial charge in [-0.15, -0.1) is 0 Å². The molecule has 1 fully saturated rings. The van der Waals surface area contributed by atoms with E-state index in [4.69, 9.17) is 17.3 Å². The molecule has 18 heavy (non-hydrogen) atoms. The highest BCUT2D eigenvalue weighted by Gasteiger charge is 2.29. The third-order valence-electron chi connectivity index (χ3n) is 3.22. The highest BCUT2D eigenvalue weighted by Crippen LogP contribution is 2.42. The van der Waals surface area contributed by atoms with E-state index in [0.29, 0.717) is 11.1 Å². The lowest BCUT2D eigenvalue weighted by Crippen LogP contribution is -2.02. The number of nitrogens with zero attached hydrogens (tertiary/aromatic N) is 2. The zero-order chi connectivity index (χ0) is 12.9. The lowest BCUT2D eigenvalue weighted by atomic mass is 10.1. The molecule has 94 valence electrons. The molecule has 0 amide bonds. The number of aromatic nitrogens is 2. The van der Waals surface area contributed by atoms with E-state index < -0.39 is 0 Å². The Morgan fingerprint density at radius 1 is 1.44 bits per heavy atom. The van der Waals surface area contributed by atoms with Crippen molar-refractivity contribution >= 4 is 33.3 Å². The molecule has 0 aliphatic heterocycles. The van der Waals surface area contributed by atoms with Crippen molar-refractivity contribution in [1.82, 2.24) is 9.55 Å². The van der Waals surface area contributed by atoms with Crippen LogP contribution in [0.4, 0.5) is 5.82 Å². The molecule has 0 atom stereocenters. The zero-order valence-corrected chi connectivity index (χ0v) is 12.3. The Morgan fingerprint density at radius 3 is 2.78 bits per heavy atom. The van der Waals surface area contributed by atoms with Crippen molar-refractivity contribution in [2.24, 2.45) is 0 Å². The van der Waals surface area contributed by atoms with Gasteiger partial charge in [-0.2, -0.15) is 0 Å². The van der Waals surface area contributed by atoms with Gasteiger partial charge in [-0.05, 0) is 31.9 Å². The van der Waals surface area contributed by atoms with Gasteiger partial charge in [0.05, 0.1) is 0 Å². The molecule has 1 saturated carbocycles. The normalized spacial score (nSPS) is 15.1. The Kier molecular flexibility index (Phi) is 2.87. The number of halogens is 2. The average molecular weight is 327 g/mol. The van der Waals surface area contributed by atoms with Crippen molar-refractivity contribution in [2.45, 2.75) is 25.8 Å². The number of nitrogen functional groups attached to an aromatic ring is 1. The fraction of sp³-hybridized carbons (Fsp3) is 0.308. The van der Waals surface area contributed by atoms with Gasteiger partial charge >= 0.3 is 0 Å². The highest BCUT2D eigenvalue weighted by atomic mass is 79.9. The third-order valence-corrected chi connectivity index (χ3v) is 4.11. The first kappa shape index (κ1) is 12.1. The number of benzene rings is 1. The minimum absolute atomic E-state index is 0.539. The van der Waals surface area contributed by atoms with Crippen LogP contribution in [0.25, 0.3) is 11.3 Å². The van der Waals surface area contributed by atoms with Gasteiger partial charge < -0.3 is 10.3 Å². The summed E-state index contributed by atoms with van der Waals surface area (Å²) in [6, 6.07) is 6.20. The summed E-state index contributed by atoms with van der Waals surface area (Å²) in [6.07, 6.45) is 2.39. The fourth-order valence-electron chi connectivity index (χ4n) is 2.23. The van der Waals surface area contributed by atoms with Crippen molar-refractivity contribution in [3.05, 3.63) is 33.5 Å². The number of aryl methyl sites for hydroxylation is 1. The van der Waals surface area contributed by atoms with E-state index in [1.807, 2.05) is 25.1 Å². The summed E-state index contributed by atoms with van der Waals surface area (Å²) in [5.41, 5.74) is 8.05. The van der Waals surface area contributed by atoms with Crippen molar-refractivity contribution in [3.8, 4) is 11.3 Å². The molecule has 0 spiro atoms. The topological polar surface area (TPSA) is 43.8 Å². The number of hydrogen-bond donors (Lipinski definition) is 1. The lowest BCUT2D eigenvalue weighted by molar-refractivity contribution is 0.720. The van der Waals surface area contributed by atoms with Gasteiger partial charge in [-0.25, -0.2) is 4.98 Å². The minimum atomic E-state index is 0.539. The van der Waals surface area contributed by atoms with Crippen LogP contribution in [0.3, 0.4) is 0 Å². The van der Waals surface area contributed by atoms with Crippen LogP contribution in [0, 0.1) is 6.92 Å². The van der Waals surface area contributed by atoms with Crippen LogP contribution in [0.5, 0.6) is 0 Å². The van der Waals surface area contributed by atoms with Crippen LogP contribution >= 0.6 is 27.5 Å². The molecule has 3 nitrogen and oxygen atoms in total. The average Bonchev–Trinajstić information content (AvgIpc) is 3.07. The maximum atomic E-state index is 6.23. The first-order valence-corrected chi connectivity index (χ1v) is 7.04. The van der Waals surface area contributed by atoms with Crippen molar-refractivity contribution in [3.63, 3.8) is 0 Å². The monoisotopic (exact) mass is 325 g/mol. The summed E-state index contributed by atoms with van der Waals surface area (Å²) in [4.78, 5) is 4.60. The molecule has 1 aromatic heterocycles. The van der Waals surface area contributed by atoms with Gasteiger partial charge in [-0.3, -0.25) is 0 Å². The molecule has 2 N–H and O–H groups in total. The molecule has 0 bridgehead atoms. The Bertz CT molecular complexity index is 617. The SMILES string of the molecule is Cc1nc(-c2ccc(Cl)cc2Br)c(N)n1C1CC1. The molecule has 5 heteroatoms. The summed E-state index contributed by atoms with van der Waals surface area (Å²) in [7, 11) is 0. The van der Waals surface area contributed by atoms with E-state index in [2.05, 4.69) is 25.5 Å². The van der Waals surface area contributed by atoms with Gasteiger partial charge in [0.15, 0.2) is 0 Å². The van der Waals surface area contributed by atoms with Crippen LogP contribution in [0.2, 0.25) is 5.02 Å². The number of hydrogen-bond acceptors (Lipinski definition) is 2. The summed E-state index contributed by atoms with van der Waals surface area (Å²) in [6.45, 7) is 2.00. The number of anilines is 1. The van der Waals surface area contributed by atoms with E-state index in [-0.39, 0.29) is 0 Å². The van der Waals surface area contributed by atoms with Crippen LogP contribution in [0.15, 0.2) is 22.7 Å². The molecular weight excluding hydrogens is 314 g/mol. The van der Waals surface area contributed by atoms with E-state index in [1.54, 1.807) is 0 Å². The molecular formula is C13H13BrClN3. The Morgan fingerprint density at radius 2 is 2.17 bits per heavy atom. The van der Waals surface area contributed by atoms with Crippen LogP contribution in [0.1, 0.15) is 24.7 Å². The van der Waals surface area contributed by atoms with Gasteiger partial charge in [0.2, 0.25) is 0 Å². The molecule has 0 saturated heterocycles. The number of rotatable bonds is 2. The molecule has 2 aromatic rings. The van der Waals surface area contributed by atoms with Crippen LogP contribution in [-0.4, -0.2) is 9.55 Å². The van der Waals surface area contributed by atoms with Crippen LogP contribution < -0.4 is 5.73 Å². The molecule has 0 radical (unpaired) electrons. The Balaban J connectivity index is 2.14. The smallest absolute Gasteiger partial charge is 0.132 e. The summed E-state index contributed by atoms with van der Waals surface area (Å²) < 4.78 is 3.05. The second-order valence-corrected chi connectivity index (χ2v) is 5.91. The van der Waals surface area contributed by atoms with Gasteiger partial charge in [0.25, 0.3) is 0 Å². The van der Waals surface area contributed by atoms with E-state index in [0.717, 1.165) is 27.4 Å². The van der Waals surface area contributed by atoms with E-state index >= 15 is 0 Å². The second-order valence-electron chi connectivity index (χ2n) is 4.62. The van der Waals surface area contributed by atoms with E-state index in [9.17, 15) is 0 Å². The quantitative estimate of drug-likeness (QED) is 0.899. The van der Waals surface area contributed by atoms with Gasteiger partial charge in [0.1, 0.15) is 17.3 Å². The molecule has 3 rings (SSSR count). The minimum Gasteiger partial charge on any atom is -0.383 e. The van der Waals surface area contributed by atoms with E-state index in [1.165, 1.54) is 12.8 Å². The maximum absolute atomic E-state index is 6.23. The lowest BCUT2D eigenvalue weighted by Gasteiger charge is -2.06. The molecule has 1 heterocycles. The van der Waals surface area contributed by atoms with Crippen molar-refractivity contribution in [2.75, 3.05) is 5.73 Å². The predicted molar refractivity (Wildman–Crippen MR) is 77.8 cm³/mol. The number of nitrogens with two attached hydrogens (primary N) is 1. The van der Waals surface area contributed by atoms with Crippen molar-refractivity contribution in [1.29, 1.82) is 0 Å². The standard InChI is InChI=1S/C13H13BrClN3/c1-7-17-12(13(16)18(7)9-3-4-9)10-5-2-8(15)6-11(10)14/h2,5-6,9H,3-4,16H2,1H3.